The van der Waals surface area contributed by atoms with E-state index in [2.05, 4.69) is 5.32 Å². The molecular weight excluding hydrogens is 168 g/mol. The van der Waals surface area contributed by atoms with E-state index in [9.17, 15) is 9.59 Å². The molecule has 2 amide bonds. The molecule has 0 spiro atoms. The molecule has 74 valence electrons. The number of hydrogen-bond donors (Lipinski definition) is 1. The predicted octanol–water partition coefficient (Wildman–Crippen LogP) is 0.132. The largest absolute Gasteiger partial charge is 0.356 e. The van der Waals surface area contributed by atoms with E-state index >= 15 is 0 Å². The van der Waals surface area contributed by atoms with Crippen molar-refractivity contribution in [3.8, 4) is 0 Å². The topological polar surface area (TPSA) is 49.4 Å². The van der Waals surface area contributed by atoms with E-state index in [1.165, 1.54) is 0 Å². The second-order valence-corrected chi connectivity index (χ2v) is 3.55. The highest BCUT2D eigenvalue weighted by molar-refractivity contribution is 5.48. The molecule has 1 saturated carbocycles. The summed E-state index contributed by atoms with van der Waals surface area (Å²) in [6.07, 6.45) is 4.70. The van der Waals surface area contributed by atoms with E-state index < -0.39 is 0 Å². The van der Waals surface area contributed by atoms with E-state index in [0.29, 0.717) is 12.5 Å². The standard InChI is InChI=1S/C9H16N2O2/c1-8(10-6-12)4-5-11(7-13)9-2-3-9/h6-9H,2-5H2,1H3,(H,10,12). The summed E-state index contributed by atoms with van der Waals surface area (Å²) in [5.74, 6) is 0. The first-order chi connectivity index (χ1) is 6.27. The Morgan fingerprint density at radius 3 is 2.69 bits per heavy atom. The summed E-state index contributed by atoms with van der Waals surface area (Å²) in [6, 6.07) is 0.625. The van der Waals surface area contributed by atoms with Crippen LogP contribution in [0.25, 0.3) is 0 Å². The molecule has 1 aliphatic carbocycles. The second kappa shape index (κ2) is 4.84. The molecule has 4 heteroatoms. The molecule has 1 unspecified atom stereocenters. The van der Waals surface area contributed by atoms with Gasteiger partial charge in [-0.25, -0.2) is 0 Å². The fourth-order valence-electron chi connectivity index (χ4n) is 1.27. The Morgan fingerprint density at radius 1 is 1.54 bits per heavy atom. The van der Waals surface area contributed by atoms with E-state index in [-0.39, 0.29) is 6.04 Å². The summed E-state index contributed by atoms with van der Waals surface area (Å²) in [4.78, 5) is 22.5. The summed E-state index contributed by atoms with van der Waals surface area (Å²) in [7, 11) is 0. The fraction of sp³-hybridized carbons (Fsp3) is 0.778. The molecule has 0 bridgehead atoms. The minimum atomic E-state index is 0.152. The lowest BCUT2D eigenvalue weighted by Gasteiger charge is -2.18. The van der Waals surface area contributed by atoms with Gasteiger partial charge in [0.2, 0.25) is 12.8 Å². The molecule has 1 atom stereocenters. The van der Waals surface area contributed by atoms with Crippen molar-refractivity contribution >= 4 is 12.8 Å². The Bertz CT molecular complexity index is 180. The molecule has 1 N–H and O–H groups in total. The Hall–Kier alpha value is -1.06. The van der Waals surface area contributed by atoms with Crippen LogP contribution in [0.1, 0.15) is 26.2 Å². The van der Waals surface area contributed by atoms with Crippen molar-refractivity contribution < 1.29 is 9.59 Å². The van der Waals surface area contributed by atoms with Gasteiger partial charge in [-0.3, -0.25) is 9.59 Å². The number of hydrogen-bond acceptors (Lipinski definition) is 2. The first kappa shape index (κ1) is 10.0. The zero-order valence-corrected chi connectivity index (χ0v) is 7.90. The highest BCUT2D eigenvalue weighted by Gasteiger charge is 2.27. The zero-order valence-electron chi connectivity index (χ0n) is 7.90. The number of carbonyl (C=O) groups excluding carboxylic acids is 2. The molecule has 0 aromatic carbocycles. The van der Waals surface area contributed by atoms with Gasteiger partial charge >= 0.3 is 0 Å². The van der Waals surface area contributed by atoms with E-state index in [4.69, 9.17) is 0 Å². The number of amides is 2. The lowest BCUT2D eigenvalue weighted by Crippen LogP contribution is -2.32. The maximum absolute atomic E-state index is 10.6. The third kappa shape index (κ3) is 3.44. The molecule has 1 aliphatic rings. The third-order valence-electron chi connectivity index (χ3n) is 2.32. The molecule has 4 nitrogen and oxygen atoms in total. The minimum Gasteiger partial charge on any atom is -0.356 e. The zero-order chi connectivity index (χ0) is 9.68. The summed E-state index contributed by atoms with van der Waals surface area (Å²) in [5.41, 5.74) is 0. The normalized spacial score (nSPS) is 17.6. The third-order valence-corrected chi connectivity index (χ3v) is 2.32. The Kier molecular flexibility index (Phi) is 3.73. The van der Waals surface area contributed by atoms with Crippen molar-refractivity contribution in [3.05, 3.63) is 0 Å². The summed E-state index contributed by atoms with van der Waals surface area (Å²) in [6.45, 7) is 2.68. The average molecular weight is 184 g/mol. The molecule has 1 fully saturated rings. The Balaban J connectivity index is 2.14. The first-order valence-corrected chi connectivity index (χ1v) is 4.68. The lowest BCUT2D eigenvalue weighted by atomic mass is 10.2. The Morgan fingerprint density at radius 2 is 2.23 bits per heavy atom. The van der Waals surface area contributed by atoms with E-state index in [0.717, 1.165) is 32.2 Å². The average Bonchev–Trinajstić information content (AvgIpc) is 2.90. The van der Waals surface area contributed by atoms with Gasteiger partial charge in [0, 0.05) is 18.6 Å². The molecule has 0 radical (unpaired) electrons. The van der Waals surface area contributed by atoms with Gasteiger partial charge in [0.15, 0.2) is 0 Å². The SMILES string of the molecule is CC(CCN(C=O)C1CC1)NC=O. The van der Waals surface area contributed by atoms with E-state index in [1.54, 1.807) is 0 Å². The number of carbonyl (C=O) groups is 2. The van der Waals surface area contributed by atoms with Gasteiger partial charge < -0.3 is 10.2 Å². The van der Waals surface area contributed by atoms with Gasteiger partial charge in [0.25, 0.3) is 0 Å². The lowest BCUT2D eigenvalue weighted by molar-refractivity contribution is -0.118. The van der Waals surface area contributed by atoms with Crippen LogP contribution in [0.2, 0.25) is 0 Å². The van der Waals surface area contributed by atoms with Crippen LogP contribution in [0.4, 0.5) is 0 Å². The monoisotopic (exact) mass is 184 g/mol. The fourth-order valence-corrected chi connectivity index (χ4v) is 1.27. The van der Waals surface area contributed by atoms with Gasteiger partial charge in [-0.05, 0) is 26.2 Å². The molecule has 0 heterocycles. The first-order valence-electron chi connectivity index (χ1n) is 4.68. The highest BCUT2D eigenvalue weighted by Crippen LogP contribution is 2.25. The van der Waals surface area contributed by atoms with Gasteiger partial charge in [0.1, 0.15) is 0 Å². The smallest absolute Gasteiger partial charge is 0.209 e. The number of nitrogens with one attached hydrogen (secondary N) is 1. The maximum atomic E-state index is 10.6. The van der Waals surface area contributed by atoms with Gasteiger partial charge in [-0.15, -0.1) is 0 Å². The van der Waals surface area contributed by atoms with Crippen molar-refractivity contribution in [2.24, 2.45) is 0 Å². The quantitative estimate of drug-likeness (QED) is 0.572. The molecule has 13 heavy (non-hydrogen) atoms. The van der Waals surface area contributed by atoms with Crippen LogP contribution in [-0.2, 0) is 9.59 Å². The maximum Gasteiger partial charge on any atom is 0.209 e. The van der Waals surface area contributed by atoms with Gasteiger partial charge in [-0.1, -0.05) is 0 Å². The van der Waals surface area contributed by atoms with Crippen LogP contribution in [0.5, 0.6) is 0 Å². The summed E-state index contributed by atoms with van der Waals surface area (Å²) >= 11 is 0. The van der Waals surface area contributed by atoms with Crippen molar-refractivity contribution in [3.63, 3.8) is 0 Å². The molecule has 0 saturated heterocycles. The van der Waals surface area contributed by atoms with Crippen molar-refractivity contribution in [1.29, 1.82) is 0 Å². The van der Waals surface area contributed by atoms with Crippen LogP contribution in [-0.4, -0.2) is 36.3 Å². The summed E-state index contributed by atoms with van der Waals surface area (Å²) in [5, 5.41) is 2.66. The number of rotatable bonds is 7. The van der Waals surface area contributed by atoms with E-state index in [1.807, 2.05) is 11.8 Å². The van der Waals surface area contributed by atoms with Crippen LogP contribution < -0.4 is 5.32 Å². The predicted molar refractivity (Wildman–Crippen MR) is 49.1 cm³/mol. The van der Waals surface area contributed by atoms with Crippen molar-refractivity contribution in [2.75, 3.05) is 6.54 Å². The van der Waals surface area contributed by atoms with Gasteiger partial charge in [-0.2, -0.15) is 0 Å². The van der Waals surface area contributed by atoms with Crippen LogP contribution in [0.3, 0.4) is 0 Å². The molecule has 0 aromatic rings. The van der Waals surface area contributed by atoms with Crippen molar-refractivity contribution in [1.82, 2.24) is 10.2 Å². The molecular formula is C9H16N2O2. The number of nitrogens with zero attached hydrogens (tertiary/aromatic N) is 1. The highest BCUT2D eigenvalue weighted by atomic mass is 16.1. The molecule has 0 aromatic heterocycles. The summed E-state index contributed by atoms with van der Waals surface area (Å²) < 4.78 is 0. The molecule has 0 aliphatic heterocycles. The van der Waals surface area contributed by atoms with Crippen LogP contribution in [0.15, 0.2) is 0 Å². The van der Waals surface area contributed by atoms with Crippen LogP contribution >= 0.6 is 0 Å². The molecule has 1 rings (SSSR count). The van der Waals surface area contributed by atoms with Crippen LogP contribution in [0, 0.1) is 0 Å². The Labute approximate surface area is 78.3 Å². The minimum absolute atomic E-state index is 0.152. The van der Waals surface area contributed by atoms with Gasteiger partial charge in [0.05, 0.1) is 0 Å². The second-order valence-electron chi connectivity index (χ2n) is 3.55. The van der Waals surface area contributed by atoms with Crippen molar-refractivity contribution in [2.45, 2.75) is 38.3 Å².